The maximum atomic E-state index is 13.6. The highest BCUT2D eigenvalue weighted by molar-refractivity contribution is 7.80. The van der Waals surface area contributed by atoms with Gasteiger partial charge in [0.25, 0.3) is 5.91 Å². The summed E-state index contributed by atoms with van der Waals surface area (Å²) in [4.78, 5) is 28.8. The minimum absolute atomic E-state index is 0.192. The van der Waals surface area contributed by atoms with Gasteiger partial charge in [-0.3, -0.25) is 14.5 Å². The van der Waals surface area contributed by atoms with Gasteiger partial charge in [-0.2, -0.15) is 0 Å². The zero-order valence-corrected chi connectivity index (χ0v) is 24.6. The van der Waals surface area contributed by atoms with Crippen LogP contribution in [0.4, 0.5) is 5.69 Å². The number of esters is 1. The van der Waals surface area contributed by atoms with Crippen molar-refractivity contribution in [3.63, 3.8) is 0 Å². The number of nitrogens with zero attached hydrogens (tertiary/aromatic N) is 2. The van der Waals surface area contributed by atoms with E-state index in [0.29, 0.717) is 39.4 Å². The third-order valence-corrected chi connectivity index (χ3v) is 7.34. The van der Waals surface area contributed by atoms with E-state index < -0.39 is 5.97 Å². The lowest BCUT2D eigenvalue weighted by atomic mass is 10.1. The lowest BCUT2D eigenvalue weighted by Gasteiger charge is -2.19. The fourth-order valence-corrected chi connectivity index (χ4v) is 4.76. The lowest BCUT2D eigenvalue weighted by molar-refractivity contribution is -0.140. The van der Waals surface area contributed by atoms with Crippen LogP contribution < -0.4 is 14.4 Å². The SMILES string of the molecule is CCOc1cc(/C=C2/C(=O)N(c3ccc(CC)cc3)C(=S)N2CC(=O)OC)ccc1OCc1ccc(Cl)c(Cl)c1. The molecule has 0 bridgehead atoms. The number of methoxy groups -OCH3 is 1. The van der Waals surface area contributed by atoms with Gasteiger partial charge in [0.15, 0.2) is 16.6 Å². The number of anilines is 1. The highest BCUT2D eigenvalue weighted by Crippen LogP contribution is 2.33. The maximum Gasteiger partial charge on any atom is 0.325 e. The summed E-state index contributed by atoms with van der Waals surface area (Å²) in [6, 6.07) is 18.2. The van der Waals surface area contributed by atoms with Crippen LogP contribution in [-0.4, -0.2) is 42.2 Å². The molecule has 208 valence electrons. The topological polar surface area (TPSA) is 68.3 Å². The summed E-state index contributed by atoms with van der Waals surface area (Å²) in [7, 11) is 1.29. The van der Waals surface area contributed by atoms with Crippen molar-refractivity contribution in [3.05, 3.63) is 93.1 Å². The minimum atomic E-state index is -0.523. The van der Waals surface area contributed by atoms with Gasteiger partial charge >= 0.3 is 5.97 Å². The van der Waals surface area contributed by atoms with E-state index in [-0.39, 0.29) is 29.9 Å². The third-order valence-electron chi connectivity index (χ3n) is 6.20. The summed E-state index contributed by atoms with van der Waals surface area (Å²) >= 11 is 17.8. The highest BCUT2D eigenvalue weighted by atomic mass is 35.5. The largest absolute Gasteiger partial charge is 0.490 e. The van der Waals surface area contributed by atoms with Crippen molar-refractivity contribution < 1.29 is 23.8 Å². The summed E-state index contributed by atoms with van der Waals surface area (Å²) < 4.78 is 16.7. The Balaban J connectivity index is 1.65. The number of carbonyl (C=O) groups is 2. The highest BCUT2D eigenvalue weighted by Gasteiger charge is 2.40. The van der Waals surface area contributed by atoms with Crippen LogP contribution in [0.15, 0.2) is 66.4 Å². The fraction of sp³-hybridized carbons (Fsp3) is 0.233. The van der Waals surface area contributed by atoms with Gasteiger partial charge in [0.1, 0.15) is 18.8 Å². The molecule has 0 atom stereocenters. The standard InChI is InChI=1S/C30H28Cl2N2O5S/c1-4-19-6-10-22(11-7-19)34-29(36)25(33(30(34)40)17-28(35)37-3)15-20-9-13-26(27(16-20)38-5-2)39-18-21-8-12-23(31)24(32)14-21/h6-16H,4-5,17-18H2,1-3H3/b25-15-. The fourth-order valence-electron chi connectivity index (χ4n) is 4.09. The Hall–Kier alpha value is -3.59. The van der Waals surface area contributed by atoms with Gasteiger partial charge in [-0.05, 0) is 84.7 Å². The minimum Gasteiger partial charge on any atom is -0.490 e. The van der Waals surface area contributed by atoms with E-state index in [1.165, 1.54) is 16.9 Å². The Morgan fingerprint density at radius 3 is 2.30 bits per heavy atom. The summed E-state index contributed by atoms with van der Waals surface area (Å²) in [6.45, 7) is 4.37. The van der Waals surface area contributed by atoms with Crippen LogP contribution in [-0.2, 0) is 27.4 Å². The molecule has 1 saturated heterocycles. The average molecular weight is 600 g/mol. The van der Waals surface area contributed by atoms with Gasteiger partial charge in [-0.1, -0.05) is 54.4 Å². The first-order valence-corrected chi connectivity index (χ1v) is 13.8. The molecule has 0 aliphatic carbocycles. The van der Waals surface area contributed by atoms with Gasteiger partial charge in [-0.25, -0.2) is 0 Å². The second kappa shape index (κ2) is 13.2. The van der Waals surface area contributed by atoms with E-state index in [1.807, 2.05) is 37.3 Å². The molecule has 3 aromatic rings. The number of amides is 1. The van der Waals surface area contributed by atoms with Crippen molar-refractivity contribution in [2.24, 2.45) is 0 Å². The number of carbonyl (C=O) groups excluding carboxylic acids is 2. The van der Waals surface area contributed by atoms with Crippen LogP contribution in [0.25, 0.3) is 6.08 Å². The molecule has 4 rings (SSSR count). The van der Waals surface area contributed by atoms with E-state index in [2.05, 4.69) is 6.92 Å². The number of halogens is 2. The van der Waals surface area contributed by atoms with Crippen LogP contribution in [0.3, 0.4) is 0 Å². The van der Waals surface area contributed by atoms with E-state index in [4.69, 9.17) is 49.6 Å². The molecule has 0 saturated carbocycles. The lowest BCUT2D eigenvalue weighted by Crippen LogP contribution is -2.35. The summed E-state index contributed by atoms with van der Waals surface area (Å²) in [5, 5.41) is 1.11. The number of thiocarbonyl (C=S) groups is 1. The van der Waals surface area contributed by atoms with E-state index >= 15 is 0 Å². The quantitative estimate of drug-likeness (QED) is 0.146. The van der Waals surface area contributed by atoms with Crippen molar-refractivity contribution in [1.29, 1.82) is 0 Å². The number of ether oxygens (including phenoxy) is 3. The molecule has 7 nitrogen and oxygen atoms in total. The number of hydrogen-bond acceptors (Lipinski definition) is 6. The number of aryl methyl sites for hydroxylation is 1. The molecule has 1 aliphatic rings. The molecule has 1 heterocycles. The Morgan fingerprint density at radius 2 is 1.65 bits per heavy atom. The maximum absolute atomic E-state index is 13.6. The van der Waals surface area contributed by atoms with Crippen molar-refractivity contribution in [3.8, 4) is 11.5 Å². The normalized spacial score (nSPS) is 14.2. The third kappa shape index (κ3) is 6.58. The van der Waals surface area contributed by atoms with Crippen LogP contribution in [0, 0.1) is 0 Å². The predicted molar refractivity (Wildman–Crippen MR) is 161 cm³/mol. The van der Waals surface area contributed by atoms with Crippen molar-refractivity contribution >= 4 is 64.2 Å². The number of rotatable bonds is 10. The second-order valence-corrected chi connectivity index (χ2v) is 9.99. The Labute approximate surface area is 248 Å². The zero-order chi connectivity index (χ0) is 28.8. The van der Waals surface area contributed by atoms with Crippen LogP contribution in [0.2, 0.25) is 10.0 Å². The monoisotopic (exact) mass is 598 g/mol. The van der Waals surface area contributed by atoms with Crippen molar-refractivity contribution in [2.75, 3.05) is 25.2 Å². The zero-order valence-electron chi connectivity index (χ0n) is 22.3. The van der Waals surface area contributed by atoms with E-state index in [9.17, 15) is 9.59 Å². The molecule has 1 amide bonds. The molecule has 1 aliphatic heterocycles. The van der Waals surface area contributed by atoms with Crippen LogP contribution in [0.5, 0.6) is 11.5 Å². The Bertz CT molecular complexity index is 1460. The van der Waals surface area contributed by atoms with Gasteiger partial charge < -0.3 is 19.1 Å². The molecule has 0 spiro atoms. The average Bonchev–Trinajstić information content (AvgIpc) is 3.18. The summed E-state index contributed by atoms with van der Waals surface area (Å²) in [5.74, 6) is 0.144. The number of hydrogen-bond donors (Lipinski definition) is 0. The van der Waals surface area contributed by atoms with Gasteiger partial charge in [0, 0.05) is 0 Å². The summed E-state index contributed by atoms with van der Waals surface area (Å²) in [5.41, 5.74) is 3.50. The molecule has 0 radical (unpaired) electrons. The molecule has 0 N–H and O–H groups in total. The Morgan fingerprint density at radius 1 is 0.925 bits per heavy atom. The van der Waals surface area contributed by atoms with Crippen molar-refractivity contribution in [1.82, 2.24) is 4.90 Å². The molecule has 1 fully saturated rings. The van der Waals surface area contributed by atoms with Crippen LogP contribution >= 0.6 is 35.4 Å². The first kappa shape index (κ1) is 29.4. The predicted octanol–water partition coefficient (Wildman–Crippen LogP) is 6.68. The molecule has 3 aromatic carbocycles. The first-order chi connectivity index (χ1) is 19.2. The first-order valence-electron chi connectivity index (χ1n) is 12.6. The number of benzene rings is 3. The molecule has 10 heteroatoms. The second-order valence-electron chi connectivity index (χ2n) is 8.81. The summed E-state index contributed by atoms with van der Waals surface area (Å²) in [6.07, 6.45) is 2.54. The van der Waals surface area contributed by atoms with Gasteiger partial charge in [-0.15, -0.1) is 0 Å². The smallest absolute Gasteiger partial charge is 0.325 e. The molecular weight excluding hydrogens is 571 g/mol. The van der Waals surface area contributed by atoms with Crippen LogP contribution in [0.1, 0.15) is 30.5 Å². The molecule has 0 aromatic heterocycles. The van der Waals surface area contributed by atoms with Crippen molar-refractivity contribution in [2.45, 2.75) is 26.9 Å². The molecule has 40 heavy (non-hydrogen) atoms. The van der Waals surface area contributed by atoms with Gasteiger partial charge in [0.05, 0.1) is 29.4 Å². The molecule has 0 unspecified atom stereocenters. The Kier molecular flexibility index (Phi) is 9.68. The van der Waals surface area contributed by atoms with Gasteiger partial charge in [0.2, 0.25) is 0 Å². The molecular formula is C30H28Cl2N2O5S. The van der Waals surface area contributed by atoms with E-state index in [0.717, 1.165) is 17.5 Å². The van der Waals surface area contributed by atoms with E-state index in [1.54, 1.807) is 36.4 Å².